The van der Waals surface area contributed by atoms with E-state index in [0.29, 0.717) is 22.4 Å². The molecule has 0 aliphatic carbocycles. The van der Waals surface area contributed by atoms with Crippen LogP contribution < -0.4 is 0 Å². The first kappa shape index (κ1) is 19.0. The van der Waals surface area contributed by atoms with Crippen molar-refractivity contribution in [2.45, 2.75) is 0 Å². The van der Waals surface area contributed by atoms with Gasteiger partial charge in [0.15, 0.2) is 0 Å². The number of imide groups is 1. The number of para-hydroxylation sites is 1. The molecule has 0 saturated heterocycles. The van der Waals surface area contributed by atoms with Crippen LogP contribution in [-0.2, 0) is 0 Å². The minimum atomic E-state index is -0.295. The summed E-state index contributed by atoms with van der Waals surface area (Å²) >= 11 is 0. The standard InChI is InChI=1S/C28H17N3O2/c1-30-27(32)21-10-6-12-25(26(21)28(30)33)31-23-11-5-4-9-20(23)22-15-17(13-14-24(22)31)19-8-3-2-7-18(19)16-29/h2-15H,1H3. The topological polar surface area (TPSA) is 66.1 Å². The molecule has 0 spiro atoms. The Morgan fingerprint density at radius 3 is 2.30 bits per heavy atom. The molecule has 0 fully saturated rings. The number of nitriles is 1. The normalized spacial score (nSPS) is 13.0. The van der Waals surface area contributed by atoms with Crippen LogP contribution in [-0.4, -0.2) is 28.3 Å². The molecule has 1 aliphatic heterocycles. The molecule has 5 aromatic rings. The third kappa shape index (κ3) is 2.58. The fourth-order valence-corrected chi connectivity index (χ4v) is 4.80. The third-order valence-corrected chi connectivity index (χ3v) is 6.37. The minimum Gasteiger partial charge on any atom is -0.308 e. The summed E-state index contributed by atoms with van der Waals surface area (Å²) in [6.07, 6.45) is 0. The number of benzene rings is 4. The fourth-order valence-electron chi connectivity index (χ4n) is 4.80. The van der Waals surface area contributed by atoms with E-state index in [9.17, 15) is 14.9 Å². The summed E-state index contributed by atoms with van der Waals surface area (Å²) in [4.78, 5) is 26.7. The molecular weight excluding hydrogens is 410 g/mol. The largest absolute Gasteiger partial charge is 0.308 e. The minimum absolute atomic E-state index is 0.284. The zero-order chi connectivity index (χ0) is 22.7. The second-order valence-electron chi connectivity index (χ2n) is 8.11. The van der Waals surface area contributed by atoms with Crippen molar-refractivity contribution in [1.29, 1.82) is 5.26 Å². The van der Waals surface area contributed by atoms with Crippen molar-refractivity contribution in [2.75, 3.05) is 7.05 Å². The van der Waals surface area contributed by atoms with E-state index in [1.54, 1.807) is 6.07 Å². The summed E-state index contributed by atoms with van der Waals surface area (Å²) < 4.78 is 2.05. The Bertz CT molecular complexity index is 1690. The predicted octanol–water partition coefficient (Wildman–Crippen LogP) is 5.55. The number of carbonyl (C=O) groups is 2. The molecule has 1 aromatic heterocycles. The maximum atomic E-state index is 13.0. The summed E-state index contributed by atoms with van der Waals surface area (Å²) in [6.45, 7) is 0. The van der Waals surface area contributed by atoms with Crippen LogP contribution in [0.5, 0.6) is 0 Å². The van der Waals surface area contributed by atoms with Crippen LogP contribution in [0.4, 0.5) is 0 Å². The summed E-state index contributed by atoms with van der Waals surface area (Å²) in [7, 11) is 1.51. The van der Waals surface area contributed by atoms with Gasteiger partial charge in [-0.1, -0.05) is 48.5 Å². The Balaban J connectivity index is 1.69. The van der Waals surface area contributed by atoms with Crippen LogP contribution in [0, 0.1) is 11.3 Å². The monoisotopic (exact) mass is 427 g/mol. The Morgan fingerprint density at radius 1 is 0.727 bits per heavy atom. The highest BCUT2D eigenvalue weighted by molar-refractivity contribution is 6.23. The second-order valence-corrected chi connectivity index (χ2v) is 8.11. The number of nitrogens with zero attached hydrogens (tertiary/aromatic N) is 3. The molecule has 33 heavy (non-hydrogen) atoms. The molecular formula is C28H17N3O2. The van der Waals surface area contributed by atoms with Crippen molar-refractivity contribution in [3.8, 4) is 22.9 Å². The third-order valence-electron chi connectivity index (χ3n) is 6.37. The first-order valence-corrected chi connectivity index (χ1v) is 10.6. The van der Waals surface area contributed by atoms with Gasteiger partial charge in [-0.15, -0.1) is 0 Å². The average molecular weight is 427 g/mol. The number of hydrogen-bond acceptors (Lipinski definition) is 3. The summed E-state index contributed by atoms with van der Waals surface area (Å²) in [5.41, 5.74) is 5.85. The van der Waals surface area contributed by atoms with Gasteiger partial charge < -0.3 is 4.57 Å². The molecule has 0 bridgehead atoms. The quantitative estimate of drug-likeness (QED) is 0.347. The number of amides is 2. The van der Waals surface area contributed by atoms with Crippen molar-refractivity contribution in [2.24, 2.45) is 0 Å². The molecule has 2 heterocycles. The van der Waals surface area contributed by atoms with E-state index in [2.05, 4.69) is 18.2 Å². The lowest BCUT2D eigenvalue weighted by atomic mass is 9.98. The van der Waals surface area contributed by atoms with E-state index in [4.69, 9.17) is 0 Å². The molecule has 1 aliphatic rings. The van der Waals surface area contributed by atoms with E-state index in [1.165, 1.54) is 11.9 Å². The van der Waals surface area contributed by atoms with E-state index < -0.39 is 0 Å². The zero-order valence-corrected chi connectivity index (χ0v) is 17.7. The van der Waals surface area contributed by atoms with Gasteiger partial charge in [-0.05, 0) is 47.5 Å². The number of rotatable bonds is 2. The van der Waals surface area contributed by atoms with Crippen molar-refractivity contribution in [1.82, 2.24) is 9.47 Å². The summed E-state index contributed by atoms with van der Waals surface area (Å²) in [5.74, 6) is -0.580. The van der Waals surface area contributed by atoms with Gasteiger partial charge in [-0.25, -0.2) is 0 Å². The van der Waals surface area contributed by atoms with Crippen molar-refractivity contribution >= 4 is 33.6 Å². The number of carbonyl (C=O) groups excluding carboxylic acids is 2. The van der Waals surface area contributed by atoms with Gasteiger partial charge in [-0.3, -0.25) is 14.5 Å². The first-order valence-electron chi connectivity index (χ1n) is 10.6. The molecule has 0 atom stereocenters. The zero-order valence-electron chi connectivity index (χ0n) is 17.7. The van der Waals surface area contributed by atoms with Gasteiger partial charge in [0, 0.05) is 17.8 Å². The molecule has 2 amide bonds. The Kier molecular flexibility index (Phi) is 3.98. The van der Waals surface area contributed by atoms with Gasteiger partial charge in [0.1, 0.15) is 0 Å². The molecule has 5 heteroatoms. The number of fused-ring (bicyclic) bond motifs is 4. The van der Waals surface area contributed by atoms with Crippen LogP contribution in [0.15, 0.2) is 84.9 Å². The predicted molar refractivity (Wildman–Crippen MR) is 127 cm³/mol. The molecule has 4 aromatic carbocycles. The molecule has 0 unspecified atom stereocenters. The van der Waals surface area contributed by atoms with E-state index >= 15 is 0 Å². The molecule has 0 radical (unpaired) electrons. The molecule has 5 nitrogen and oxygen atoms in total. The van der Waals surface area contributed by atoms with Gasteiger partial charge in [0.25, 0.3) is 11.8 Å². The van der Waals surface area contributed by atoms with Crippen LogP contribution >= 0.6 is 0 Å². The summed E-state index contributed by atoms with van der Waals surface area (Å²) in [6, 6.07) is 29.3. The maximum absolute atomic E-state index is 13.0. The van der Waals surface area contributed by atoms with Crippen molar-refractivity contribution in [3.05, 3.63) is 102 Å². The van der Waals surface area contributed by atoms with E-state index in [1.807, 2.05) is 71.3 Å². The average Bonchev–Trinajstić information content (AvgIpc) is 3.31. The van der Waals surface area contributed by atoms with Crippen molar-refractivity contribution < 1.29 is 9.59 Å². The van der Waals surface area contributed by atoms with Crippen molar-refractivity contribution in [3.63, 3.8) is 0 Å². The van der Waals surface area contributed by atoms with Gasteiger partial charge >= 0.3 is 0 Å². The van der Waals surface area contributed by atoms with Gasteiger partial charge in [-0.2, -0.15) is 5.26 Å². The maximum Gasteiger partial charge on any atom is 0.263 e. The lowest BCUT2D eigenvalue weighted by Gasteiger charge is -2.12. The molecule has 6 rings (SSSR count). The van der Waals surface area contributed by atoms with Gasteiger partial charge in [0.2, 0.25) is 0 Å². The van der Waals surface area contributed by atoms with Crippen LogP contribution in [0.3, 0.4) is 0 Å². The highest BCUT2D eigenvalue weighted by Gasteiger charge is 2.35. The van der Waals surface area contributed by atoms with E-state index in [-0.39, 0.29) is 11.8 Å². The number of hydrogen-bond donors (Lipinski definition) is 0. The second kappa shape index (κ2) is 6.91. The van der Waals surface area contributed by atoms with E-state index in [0.717, 1.165) is 32.9 Å². The summed E-state index contributed by atoms with van der Waals surface area (Å²) in [5, 5.41) is 11.6. The fraction of sp³-hybridized carbons (Fsp3) is 0.0357. The van der Waals surface area contributed by atoms with Gasteiger partial charge in [0.05, 0.1) is 39.5 Å². The molecule has 156 valence electrons. The molecule has 0 saturated carbocycles. The lowest BCUT2D eigenvalue weighted by molar-refractivity contribution is 0.0693. The Hall–Kier alpha value is -4.69. The highest BCUT2D eigenvalue weighted by Crippen LogP contribution is 2.38. The SMILES string of the molecule is CN1C(=O)c2cccc(-n3c4ccccc4c4cc(-c5ccccc5C#N)ccc43)c2C1=O. The smallest absolute Gasteiger partial charge is 0.263 e. The van der Waals surface area contributed by atoms with Crippen LogP contribution in [0.25, 0.3) is 38.6 Å². The molecule has 0 N–H and O–H groups in total. The van der Waals surface area contributed by atoms with Crippen LogP contribution in [0.2, 0.25) is 0 Å². The Morgan fingerprint density at radius 2 is 1.45 bits per heavy atom. The lowest BCUT2D eigenvalue weighted by Crippen LogP contribution is -2.24. The van der Waals surface area contributed by atoms with Crippen LogP contribution in [0.1, 0.15) is 26.3 Å². The Labute approximate surface area is 189 Å². The highest BCUT2D eigenvalue weighted by atomic mass is 16.2. The number of aromatic nitrogens is 1. The first-order chi connectivity index (χ1) is 16.1.